The minimum absolute atomic E-state index is 0.0529. The highest BCUT2D eigenvalue weighted by atomic mass is 16.5. The summed E-state index contributed by atoms with van der Waals surface area (Å²) in [5.41, 5.74) is 0.958. The first-order valence-electron chi connectivity index (χ1n) is 6.53. The normalized spacial score (nSPS) is 17.3. The molecule has 0 saturated carbocycles. The highest BCUT2D eigenvalue weighted by Crippen LogP contribution is 2.07. The molecule has 0 fully saturated rings. The lowest BCUT2D eigenvalue weighted by molar-refractivity contribution is -0.143. The van der Waals surface area contributed by atoms with Gasteiger partial charge in [-0.2, -0.15) is 0 Å². The molecule has 0 heterocycles. The van der Waals surface area contributed by atoms with Crippen molar-refractivity contribution in [2.75, 3.05) is 13.2 Å². The van der Waals surface area contributed by atoms with Gasteiger partial charge in [-0.15, -0.1) is 0 Å². The van der Waals surface area contributed by atoms with Gasteiger partial charge in [0, 0.05) is 0 Å². The lowest BCUT2D eigenvalue weighted by Crippen LogP contribution is -2.47. The third-order valence-electron chi connectivity index (χ3n) is 2.90. The van der Waals surface area contributed by atoms with Crippen LogP contribution in [0.2, 0.25) is 0 Å². The molecular weight excluding hydrogens is 276 g/mol. The van der Waals surface area contributed by atoms with Crippen molar-refractivity contribution in [1.29, 1.82) is 0 Å². The maximum Gasteiger partial charge on any atom is 0.151 e. The van der Waals surface area contributed by atoms with Gasteiger partial charge >= 0.3 is 0 Å². The van der Waals surface area contributed by atoms with Gasteiger partial charge in [-0.05, 0) is 5.56 Å². The van der Waals surface area contributed by atoms with Gasteiger partial charge < -0.3 is 30.0 Å². The van der Waals surface area contributed by atoms with Crippen molar-refractivity contribution >= 4 is 12.4 Å². The zero-order valence-electron chi connectivity index (χ0n) is 11.4. The topological polar surface area (TPSA) is 107 Å². The molecule has 21 heavy (non-hydrogen) atoms. The zero-order chi connectivity index (χ0) is 15.7. The number of hydrogen-bond donors (Lipinski definition) is 4. The van der Waals surface area contributed by atoms with Gasteiger partial charge in [0.2, 0.25) is 0 Å². The number of rotatable bonds is 9. The molecule has 0 unspecified atom stereocenters. The molecule has 6 nitrogen and oxygen atoms in total. The average Bonchev–Trinajstić information content (AvgIpc) is 2.53. The van der Waals surface area contributed by atoms with Crippen LogP contribution in [0.25, 0.3) is 6.08 Å². The molecule has 0 amide bonds. The first-order valence-corrected chi connectivity index (χ1v) is 6.53. The second kappa shape index (κ2) is 9.38. The molecule has 0 radical (unpaired) electrons. The molecule has 0 saturated heterocycles. The van der Waals surface area contributed by atoms with Crippen LogP contribution in [0.15, 0.2) is 36.4 Å². The highest BCUT2D eigenvalue weighted by molar-refractivity contribution is 5.57. The third kappa shape index (κ3) is 5.74. The van der Waals surface area contributed by atoms with E-state index in [1.54, 1.807) is 12.2 Å². The molecule has 0 spiro atoms. The summed E-state index contributed by atoms with van der Waals surface area (Å²) in [7, 11) is 0. The van der Waals surface area contributed by atoms with Gasteiger partial charge in [0.1, 0.15) is 24.4 Å². The molecule has 6 heteroatoms. The standard InChI is InChI=1S/C15H20O6/c16-9-12(18)14(19)15(20)13(10-17)21-8-4-7-11-5-2-1-3-6-11/h1-7,10,12-16,18-20H,8-9H2/b7-4+/t12-,13+,14-,15-/m1/s1. The van der Waals surface area contributed by atoms with Crippen LogP contribution < -0.4 is 0 Å². The van der Waals surface area contributed by atoms with Crippen molar-refractivity contribution in [3.8, 4) is 0 Å². The lowest BCUT2D eigenvalue weighted by Gasteiger charge is -2.25. The summed E-state index contributed by atoms with van der Waals surface area (Å²) < 4.78 is 5.13. The van der Waals surface area contributed by atoms with Crippen LogP contribution >= 0.6 is 0 Å². The van der Waals surface area contributed by atoms with Crippen LogP contribution in [0.3, 0.4) is 0 Å². The van der Waals surface area contributed by atoms with E-state index in [1.807, 2.05) is 30.3 Å². The number of ether oxygens (including phenoxy) is 1. The van der Waals surface area contributed by atoms with E-state index in [2.05, 4.69) is 0 Å². The van der Waals surface area contributed by atoms with Crippen molar-refractivity contribution in [2.45, 2.75) is 24.4 Å². The lowest BCUT2D eigenvalue weighted by atomic mass is 10.0. The monoisotopic (exact) mass is 296 g/mol. The first-order chi connectivity index (χ1) is 10.1. The van der Waals surface area contributed by atoms with Crippen molar-refractivity contribution in [1.82, 2.24) is 0 Å². The maximum atomic E-state index is 10.9. The molecule has 0 aliphatic heterocycles. The molecule has 1 rings (SSSR count). The number of hydrogen-bond acceptors (Lipinski definition) is 6. The van der Waals surface area contributed by atoms with E-state index in [-0.39, 0.29) is 6.61 Å². The number of carbonyl (C=O) groups is 1. The highest BCUT2D eigenvalue weighted by Gasteiger charge is 2.31. The molecule has 0 aliphatic rings. The Labute approximate surface area is 122 Å². The summed E-state index contributed by atoms with van der Waals surface area (Å²) in [4.78, 5) is 10.9. The second-order valence-corrected chi connectivity index (χ2v) is 4.48. The van der Waals surface area contributed by atoms with Crippen LogP contribution in [0, 0.1) is 0 Å². The number of aldehydes is 1. The van der Waals surface area contributed by atoms with Crippen LogP contribution in [-0.4, -0.2) is 64.3 Å². The quantitative estimate of drug-likeness (QED) is 0.452. The summed E-state index contributed by atoms with van der Waals surface area (Å²) in [6.45, 7) is -0.672. The molecule has 0 aromatic heterocycles. The van der Waals surface area contributed by atoms with Crippen LogP contribution in [0.5, 0.6) is 0 Å². The van der Waals surface area contributed by atoms with E-state index in [0.29, 0.717) is 6.29 Å². The number of carbonyl (C=O) groups excluding carboxylic acids is 1. The Hall–Kier alpha value is -1.57. The van der Waals surface area contributed by atoms with Gasteiger partial charge in [0.05, 0.1) is 13.2 Å². The van der Waals surface area contributed by atoms with Crippen LogP contribution in [-0.2, 0) is 9.53 Å². The predicted octanol–water partition coefficient (Wildman–Crippen LogP) is -0.641. The first kappa shape index (κ1) is 17.5. The Morgan fingerprint density at radius 3 is 2.33 bits per heavy atom. The zero-order valence-corrected chi connectivity index (χ0v) is 11.4. The Morgan fingerprint density at radius 2 is 1.76 bits per heavy atom. The molecule has 1 aromatic carbocycles. The predicted molar refractivity (Wildman–Crippen MR) is 76.4 cm³/mol. The van der Waals surface area contributed by atoms with Gasteiger partial charge in [0.15, 0.2) is 6.29 Å². The van der Waals surface area contributed by atoms with Gasteiger partial charge in [0.25, 0.3) is 0 Å². The van der Waals surface area contributed by atoms with Crippen LogP contribution in [0.4, 0.5) is 0 Å². The second-order valence-electron chi connectivity index (χ2n) is 4.48. The number of aliphatic hydroxyl groups is 4. The Morgan fingerprint density at radius 1 is 1.10 bits per heavy atom. The summed E-state index contributed by atoms with van der Waals surface area (Å²) in [5, 5.41) is 37.1. The summed E-state index contributed by atoms with van der Waals surface area (Å²) in [6, 6.07) is 9.44. The minimum Gasteiger partial charge on any atom is -0.394 e. The average molecular weight is 296 g/mol. The molecule has 4 atom stereocenters. The Kier molecular flexibility index (Phi) is 7.81. The van der Waals surface area contributed by atoms with E-state index in [4.69, 9.17) is 9.84 Å². The largest absolute Gasteiger partial charge is 0.394 e. The molecule has 0 aliphatic carbocycles. The summed E-state index contributed by atoms with van der Waals surface area (Å²) in [6.07, 6.45) is -2.32. The van der Waals surface area contributed by atoms with E-state index in [0.717, 1.165) is 5.56 Å². The minimum atomic E-state index is -1.66. The maximum absolute atomic E-state index is 10.9. The van der Waals surface area contributed by atoms with Gasteiger partial charge in [-0.1, -0.05) is 42.5 Å². The summed E-state index contributed by atoms with van der Waals surface area (Å²) >= 11 is 0. The SMILES string of the molecule is O=C[C@H](OC/C=C/c1ccccc1)[C@@H](O)[C@H](O)[C@H](O)CO. The third-order valence-corrected chi connectivity index (χ3v) is 2.90. The molecular formula is C15H20O6. The Balaban J connectivity index is 2.47. The molecule has 0 bridgehead atoms. The fourth-order valence-corrected chi connectivity index (χ4v) is 1.66. The van der Waals surface area contributed by atoms with E-state index >= 15 is 0 Å². The molecule has 116 valence electrons. The van der Waals surface area contributed by atoms with Crippen LogP contribution in [0.1, 0.15) is 5.56 Å². The van der Waals surface area contributed by atoms with Crippen molar-refractivity contribution < 1.29 is 30.0 Å². The smallest absolute Gasteiger partial charge is 0.151 e. The van der Waals surface area contributed by atoms with Crippen molar-refractivity contribution in [3.05, 3.63) is 42.0 Å². The van der Waals surface area contributed by atoms with Gasteiger partial charge in [-0.25, -0.2) is 0 Å². The fraction of sp³-hybridized carbons (Fsp3) is 0.400. The fourth-order valence-electron chi connectivity index (χ4n) is 1.66. The number of benzene rings is 1. The summed E-state index contributed by atoms with van der Waals surface area (Å²) in [5.74, 6) is 0. The molecule has 1 aromatic rings. The Bertz CT molecular complexity index is 433. The van der Waals surface area contributed by atoms with E-state index in [9.17, 15) is 20.1 Å². The number of aliphatic hydroxyl groups excluding tert-OH is 4. The van der Waals surface area contributed by atoms with Gasteiger partial charge in [-0.3, -0.25) is 0 Å². The van der Waals surface area contributed by atoms with E-state index in [1.165, 1.54) is 0 Å². The van der Waals surface area contributed by atoms with Crippen molar-refractivity contribution in [2.24, 2.45) is 0 Å². The molecule has 4 N–H and O–H groups in total. The van der Waals surface area contributed by atoms with Crippen molar-refractivity contribution in [3.63, 3.8) is 0 Å². The van der Waals surface area contributed by atoms with E-state index < -0.39 is 31.0 Å².